The molecule has 1 fully saturated rings. The van der Waals surface area contributed by atoms with E-state index in [0.717, 1.165) is 67.3 Å². The van der Waals surface area contributed by atoms with E-state index in [0.29, 0.717) is 25.5 Å². The van der Waals surface area contributed by atoms with Crippen molar-refractivity contribution in [2.75, 3.05) is 13.9 Å². The van der Waals surface area contributed by atoms with E-state index in [1.807, 2.05) is 30.3 Å². The molecule has 3 aromatic rings. The van der Waals surface area contributed by atoms with E-state index in [-0.39, 0.29) is 0 Å². The highest BCUT2D eigenvalue weighted by Crippen LogP contribution is 2.35. The van der Waals surface area contributed by atoms with E-state index < -0.39 is 0 Å². The fourth-order valence-electron chi connectivity index (χ4n) is 4.95. The molecule has 0 spiro atoms. The Bertz CT molecular complexity index is 1110. The van der Waals surface area contributed by atoms with Gasteiger partial charge in [-0.1, -0.05) is 42.5 Å². The molecule has 0 radical (unpaired) electrons. The van der Waals surface area contributed by atoms with Crippen LogP contribution in [-0.2, 0) is 19.7 Å². The van der Waals surface area contributed by atoms with Crippen LogP contribution < -0.4 is 24.7 Å². The van der Waals surface area contributed by atoms with Crippen LogP contribution in [0.15, 0.2) is 66.7 Å². The van der Waals surface area contributed by atoms with Crippen LogP contribution in [0.3, 0.4) is 0 Å². The zero-order valence-electron chi connectivity index (χ0n) is 20.3. The molecule has 1 aliphatic heterocycles. The topological polar surface area (TPSA) is 66.2 Å². The van der Waals surface area contributed by atoms with Gasteiger partial charge >= 0.3 is 0 Å². The van der Waals surface area contributed by atoms with E-state index in [2.05, 4.69) is 41.3 Å². The van der Waals surface area contributed by atoms with Crippen LogP contribution in [-0.4, -0.2) is 30.9 Å². The van der Waals surface area contributed by atoms with E-state index in [4.69, 9.17) is 24.7 Å². The van der Waals surface area contributed by atoms with Crippen molar-refractivity contribution in [1.29, 1.82) is 0 Å². The van der Waals surface area contributed by atoms with Crippen molar-refractivity contribution in [3.63, 3.8) is 0 Å². The molecule has 35 heavy (non-hydrogen) atoms. The lowest BCUT2D eigenvalue weighted by Crippen LogP contribution is -2.40. The highest BCUT2D eigenvalue weighted by molar-refractivity contribution is 5.45. The van der Waals surface area contributed by atoms with Crippen LogP contribution in [0.2, 0.25) is 0 Å². The molecular formula is C29H34N2O4. The quantitative estimate of drug-likeness (QED) is 0.455. The summed E-state index contributed by atoms with van der Waals surface area (Å²) in [4.78, 5) is 2.56. The van der Waals surface area contributed by atoms with Crippen molar-refractivity contribution >= 4 is 0 Å². The number of rotatable bonds is 9. The van der Waals surface area contributed by atoms with Crippen molar-refractivity contribution in [2.45, 2.75) is 57.5 Å². The molecular weight excluding hydrogens is 440 g/mol. The first kappa shape index (κ1) is 23.5. The Morgan fingerprint density at radius 2 is 1.51 bits per heavy atom. The summed E-state index contributed by atoms with van der Waals surface area (Å²) < 4.78 is 22.9. The Labute approximate surface area is 207 Å². The summed E-state index contributed by atoms with van der Waals surface area (Å²) in [5, 5.41) is 0. The molecule has 0 bridgehead atoms. The van der Waals surface area contributed by atoms with Gasteiger partial charge in [-0.05, 0) is 66.6 Å². The molecule has 2 aliphatic rings. The molecule has 3 aromatic carbocycles. The van der Waals surface area contributed by atoms with Crippen LogP contribution in [0.25, 0.3) is 0 Å². The zero-order chi connectivity index (χ0) is 24.0. The normalized spacial score (nSPS) is 19.1. The summed E-state index contributed by atoms with van der Waals surface area (Å²) >= 11 is 0. The van der Waals surface area contributed by atoms with Gasteiger partial charge in [0.2, 0.25) is 6.79 Å². The molecule has 0 unspecified atom stereocenters. The fourth-order valence-corrected chi connectivity index (χ4v) is 4.95. The third-order valence-corrected chi connectivity index (χ3v) is 6.93. The first-order valence-corrected chi connectivity index (χ1v) is 12.4. The minimum absolute atomic E-state index is 0.293. The summed E-state index contributed by atoms with van der Waals surface area (Å²) in [5.74, 6) is 3.16. The number of hydrogen-bond acceptors (Lipinski definition) is 6. The highest BCUT2D eigenvalue weighted by Gasteiger charge is 2.25. The highest BCUT2D eigenvalue weighted by atomic mass is 16.7. The minimum Gasteiger partial charge on any atom is -0.493 e. The maximum Gasteiger partial charge on any atom is 0.231 e. The monoisotopic (exact) mass is 474 g/mol. The van der Waals surface area contributed by atoms with Gasteiger partial charge in [0.05, 0.1) is 7.11 Å². The maximum atomic E-state index is 6.21. The number of nitrogens with zero attached hydrogens (tertiary/aromatic N) is 1. The van der Waals surface area contributed by atoms with Gasteiger partial charge in [0.15, 0.2) is 23.0 Å². The second-order valence-electron chi connectivity index (χ2n) is 9.42. The van der Waals surface area contributed by atoms with Crippen molar-refractivity contribution in [1.82, 2.24) is 4.90 Å². The van der Waals surface area contributed by atoms with E-state index >= 15 is 0 Å². The number of hydrogen-bond donors (Lipinski definition) is 1. The van der Waals surface area contributed by atoms with E-state index in [9.17, 15) is 0 Å². The minimum atomic E-state index is 0.293. The fraction of sp³-hybridized carbons (Fsp3) is 0.379. The van der Waals surface area contributed by atoms with Gasteiger partial charge < -0.3 is 24.7 Å². The second kappa shape index (κ2) is 11.0. The van der Waals surface area contributed by atoms with Gasteiger partial charge in [-0.3, -0.25) is 4.90 Å². The van der Waals surface area contributed by atoms with Gasteiger partial charge in [0.1, 0.15) is 6.61 Å². The van der Waals surface area contributed by atoms with Crippen LogP contribution in [0.4, 0.5) is 0 Å². The predicted molar refractivity (Wildman–Crippen MR) is 136 cm³/mol. The summed E-state index contributed by atoms with van der Waals surface area (Å²) in [6, 6.07) is 23.5. The van der Waals surface area contributed by atoms with Crippen molar-refractivity contribution in [3.05, 3.63) is 83.4 Å². The van der Waals surface area contributed by atoms with Gasteiger partial charge in [-0.15, -0.1) is 0 Å². The van der Waals surface area contributed by atoms with Crippen LogP contribution in [0, 0.1) is 0 Å². The lowest BCUT2D eigenvalue weighted by molar-refractivity contribution is 0.133. The molecule has 2 N–H and O–H groups in total. The number of ether oxygens (including phenoxy) is 4. The van der Waals surface area contributed by atoms with Crippen LogP contribution in [0.1, 0.15) is 42.4 Å². The number of benzene rings is 3. The summed E-state index contributed by atoms with van der Waals surface area (Å²) in [6.07, 6.45) is 4.36. The second-order valence-corrected chi connectivity index (χ2v) is 9.42. The molecule has 0 atom stereocenters. The first-order valence-electron chi connectivity index (χ1n) is 12.4. The molecule has 0 aromatic heterocycles. The van der Waals surface area contributed by atoms with Crippen LogP contribution in [0.5, 0.6) is 23.0 Å². The summed E-state index contributed by atoms with van der Waals surface area (Å²) in [6.45, 7) is 2.46. The van der Waals surface area contributed by atoms with Gasteiger partial charge in [0, 0.05) is 25.2 Å². The number of fused-ring (bicyclic) bond motifs is 1. The van der Waals surface area contributed by atoms with Gasteiger partial charge in [-0.25, -0.2) is 0 Å². The molecule has 6 heteroatoms. The Kier molecular flexibility index (Phi) is 7.40. The lowest BCUT2D eigenvalue weighted by Gasteiger charge is -2.36. The molecule has 0 amide bonds. The molecule has 6 nitrogen and oxygen atoms in total. The molecule has 5 rings (SSSR count). The van der Waals surface area contributed by atoms with Crippen LogP contribution >= 0.6 is 0 Å². The smallest absolute Gasteiger partial charge is 0.231 e. The number of methoxy groups -OCH3 is 1. The van der Waals surface area contributed by atoms with Crippen molar-refractivity contribution in [3.8, 4) is 23.0 Å². The SMILES string of the molecule is COc1cc(CN(Cc2ccc3c(c2)OCO3)C2CCC(N)CC2)ccc1OCc1ccccc1. The summed E-state index contributed by atoms with van der Waals surface area (Å²) in [7, 11) is 1.70. The Morgan fingerprint density at radius 3 is 2.29 bits per heavy atom. The largest absolute Gasteiger partial charge is 0.493 e. The molecule has 0 saturated heterocycles. The number of nitrogens with two attached hydrogens (primary N) is 1. The Morgan fingerprint density at radius 1 is 0.800 bits per heavy atom. The Hall–Kier alpha value is -3.22. The van der Waals surface area contributed by atoms with Crippen molar-refractivity contribution in [2.24, 2.45) is 5.73 Å². The summed E-state index contributed by atoms with van der Waals surface area (Å²) in [5.41, 5.74) is 9.76. The van der Waals surface area contributed by atoms with E-state index in [1.54, 1.807) is 7.11 Å². The molecule has 1 saturated carbocycles. The lowest BCUT2D eigenvalue weighted by atomic mass is 9.90. The first-order chi connectivity index (χ1) is 17.2. The third kappa shape index (κ3) is 5.89. The zero-order valence-corrected chi connectivity index (χ0v) is 20.3. The standard InChI is InChI=1S/C29H34N2O4/c1-32-28-15-22(7-13-26(28)33-19-21-5-3-2-4-6-21)17-31(25-11-9-24(30)10-12-25)18-23-8-14-27-29(16-23)35-20-34-27/h2-8,13-16,24-25H,9-12,17-20,30H2,1H3. The van der Waals surface area contributed by atoms with E-state index in [1.165, 1.54) is 11.1 Å². The van der Waals surface area contributed by atoms with Gasteiger partial charge in [0.25, 0.3) is 0 Å². The average molecular weight is 475 g/mol. The third-order valence-electron chi connectivity index (χ3n) is 6.93. The molecule has 184 valence electrons. The molecule has 1 aliphatic carbocycles. The molecule has 1 heterocycles. The average Bonchev–Trinajstić information content (AvgIpc) is 3.36. The van der Waals surface area contributed by atoms with Gasteiger partial charge in [-0.2, -0.15) is 0 Å². The Balaban J connectivity index is 1.32. The van der Waals surface area contributed by atoms with Crippen molar-refractivity contribution < 1.29 is 18.9 Å². The maximum absolute atomic E-state index is 6.21. The predicted octanol–water partition coefficient (Wildman–Crippen LogP) is 5.28.